The van der Waals surface area contributed by atoms with Gasteiger partial charge >= 0.3 is 0 Å². The SMILES string of the molecule is C[C@@H](COS(C)(=O)=O)CS(=O)(=O)O. The van der Waals surface area contributed by atoms with Gasteiger partial charge in [0, 0.05) is 0 Å². The molecule has 0 unspecified atom stereocenters. The molecule has 13 heavy (non-hydrogen) atoms. The fourth-order valence-corrected chi connectivity index (χ4v) is 1.94. The van der Waals surface area contributed by atoms with Gasteiger partial charge in [-0.25, -0.2) is 0 Å². The summed E-state index contributed by atoms with van der Waals surface area (Å²) >= 11 is 0. The minimum absolute atomic E-state index is 0.251. The third-order valence-electron chi connectivity index (χ3n) is 1.06. The summed E-state index contributed by atoms with van der Waals surface area (Å²) in [5.74, 6) is -1.08. The van der Waals surface area contributed by atoms with Crippen LogP contribution in [0, 0.1) is 5.92 Å². The number of rotatable bonds is 5. The molecule has 80 valence electrons. The van der Waals surface area contributed by atoms with Gasteiger partial charge in [-0.05, 0) is 5.92 Å². The molecule has 1 atom stereocenters. The number of hydrogen-bond donors (Lipinski definition) is 1. The Kier molecular flexibility index (Phi) is 4.30. The van der Waals surface area contributed by atoms with Crippen LogP contribution in [-0.4, -0.2) is 40.0 Å². The van der Waals surface area contributed by atoms with Crippen LogP contribution < -0.4 is 0 Å². The molecule has 0 saturated heterocycles. The molecule has 0 aromatic rings. The molecular formula is C5H12O6S2. The predicted octanol–water partition coefficient (Wildman–Crippen LogP) is -0.514. The second kappa shape index (κ2) is 4.36. The first kappa shape index (κ1) is 12.8. The summed E-state index contributed by atoms with van der Waals surface area (Å²) in [5.41, 5.74) is 0. The molecule has 0 saturated carbocycles. The molecule has 0 bridgehead atoms. The van der Waals surface area contributed by atoms with Gasteiger partial charge in [0.05, 0.1) is 18.6 Å². The van der Waals surface area contributed by atoms with Gasteiger partial charge in [-0.1, -0.05) is 6.92 Å². The average molecular weight is 232 g/mol. The van der Waals surface area contributed by atoms with Crippen LogP contribution >= 0.6 is 0 Å². The Morgan fingerprint density at radius 2 is 1.77 bits per heavy atom. The molecule has 6 nitrogen and oxygen atoms in total. The van der Waals surface area contributed by atoms with Gasteiger partial charge in [0.15, 0.2) is 0 Å². The van der Waals surface area contributed by atoms with E-state index in [0.29, 0.717) is 0 Å². The molecular weight excluding hydrogens is 220 g/mol. The van der Waals surface area contributed by atoms with Crippen molar-refractivity contribution in [3.8, 4) is 0 Å². The van der Waals surface area contributed by atoms with E-state index in [1.54, 1.807) is 0 Å². The Labute approximate surface area is 77.8 Å². The van der Waals surface area contributed by atoms with Gasteiger partial charge < -0.3 is 0 Å². The Morgan fingerprint density at radius 1 is 1.31 bits per heavy atom. The third kappa shape index (κ3) is 9.74. The zero-order valence-electron chi connectivity index (χ0n) is 7.30. The quantitative estimate of drug-likeness (QED) is 0.506. The van der Waals surface area contributed by atoms with E-state index in [1.807, 2.05) is 0 Å². The fraction of sp³-hybridized carbons (Fsp3) is 1.00. The van der Waals surface area contributed by atoms with Crippen molar-refractivity contribution >= 4 is 20.2 Å². The molecule has 0 fully saturated rings. The van der Waals surface area contributed by atoms with Crippen LogP contribution in [-0.2, 0) is 24.4 Å². The summed E-state index contributed by atoms with van der Waals surface area (Å²) in [4.78, 5) is 0. The lowest BCUT2D eigenvalue weighted by atomic mass is 10.2. The van der Waals surface area contributed by atoms with E-state index in [4.69, 9.17) is 4.55 Å². The maximum Gasteiger partial charge on any atom is 0.265 e. The lowest BCUT2D eigenvalue weighted by molar-refractivity contribution is 0.276. The molecule has 0 aromatic carbocycles. The highest BCUT2D eigenvalue weighted by Crippen LogP contribution is 2.02. The van der Waals surface area contributed by atoms with Gasteiger partial charge in [0.1, 0.15) is 0 Å². The van der Waals surface area contributed by atoms with Crippen molar-refractivity contribution in [1.82, 2.24) is 0 Å². The van der Waals surface area contributed by atoms with E-state index in [9.17, 15) is 16.8 Å². The smallest absolute Gasteiger partial charge is 0.265 e. The molecule has 0 heterocycles. The van der Waals surface area contributed by atoms with Gasteiger partial charge in [-0.3, -0.25) is 8.74 Å². The molecule has 0 spiro atoms. The highest BCUT2D eigenvalue weighted by atomic mass is 32.2. The van der Waals surface area contributed by atoms with E-state index < -0.39 is 31.9 Å². The maximum absolute atomic E-state index is 10.5. The van der Waals surface area contributed by atoms with E-state index in [1.165, 1.54) is 6.92 Å². The largest absolute Gasteiger partial charge is 0.286 e. The summed E-state index contributed by atoms with van der Waals surface area (Å²) in [6.45, 7) is 1.21. The summed E-state index contributed by atoms with van der Waals surface area (Å²) in [6.07, 6.45) is 0.868. The molecule has 0 aliphatic carbocycles. The Morgan fingerprint density at radius 3 is 2.08 bits per heavy atom. The van der Waals surface area contributed by atoms with Gasteiger partial charge in [0.25, 0.3) is 20.2 Å². The lowest BCUT2D eigenvalue weighted by Crippen LogP contribution is -2.19. The van der Waals surface area contributed by atoms with E-state index in [-0.39, 0.29) is 6.61 Å². The molecule has 0 amide bonds. The van der Waals surface area contributed by atoms with Crippen LogP contribution in [0.2, 0.25) is 0 Å². The van der Waals surface area contributed by atoms with Crippen LogP contribution in [0.5, 0.6) is 0 Å². The van der Waals surface area contributed by atoms with Crippen LogP contribution in [0.15, 0.2) is 0 Å². The zero-order valence-corrected chi connectivity index (χ0v) is 8.93. The highest BCUT2D eigenvalue weighted by molar-refractivity contribution is 7.86. The Bertz CT molecular complexity index is 339. The second-order valence-electron chi connectivity index (χ2n) is 2.84. The summed E-state index contributed by atoms with van der Waals surface area (Å²) < 4.78 is 54.3. The molecule has 1 N–H and O–H groups in total. The van der Waals surface area contributed by atoms with Gasteiger partial charge in [-0.15, -0.1) is 0 Å². The van der Waals surface area contributed by atoms with E-state index in [0.717, 1.165) is 6.26 Å². The van der Waals surface area contributed by atoms with E-state index >= 15 is 0 Å². The molecule has 0 aliphatic heterocycles. The number of hydrogen-bond acceptors (Lipinski definition) is 5. The van der Waals surface area contributed by atoms with Crippen molar-refractivity contribution in [2.24, 2.45) is 5.92 Å². The molecule has 0 radical (unpaired) electrons. The zero-order chi connectivity index (χ0) is 10.7. The van der Waals surface area contributed by atoms with E-state index in [2.05, 4.69) is 4.18 Å². The van der Waals surface area contributed by atoms with Gasteiger partial charge in [-0.2, -0.15) is 16.8 Å². The lowest BCUT2D eigenvalue weighted by Gasteiger charge is -2.07. The minimum Gasteiger partial charge on any atom is -0.286 e. The standard InChI is InChI=1S/C5H12O6S2/c1-5(4-13(8,9)10)3-11-12(2,6)7/h5H,3-4H2,1-2H3,(H,8,9,10)/t5-/m0/s1. The second-order valence-corrected chi connectivity index (χ2v) is 5.98. The first-order valence-electron chi connectivity index (χ1n) is 3.40. The van der Waals surface area contributed by atoms with Crippen LogP contribution in [0.4, 0.5) is 0 Å². The molecule has 8 heteroatoms. The fourth-order valence-electron chi connectivity index (χ4n) is 0.647. The molecule has 0 aromatic heterocycles. The monoisotopic (exact) mass is 232 g/mol. The van der Waals surface area contributed by atoms with Crippen LogP contribution in [0.1, 0.15) is 6.92 Å². The van der Waals surface area contributed by atoms with Crippen molar-refractivity contribution in [3.63, 3.8) is 0 Å². The average Bonchev–Trinajstić information content (AvgIpc) is 1.78. The maximum atomic E-state index is 10.5. The summed E-state index contributed by atoms with van der Waals surface area (Å²) in [6, 6.07) is 0. The van der Waals surface area contributed by atoms with Crippen molar-refractivity contribution in [2.45, 2.75) is 6.92 Å². The summed E-state index contributed by atoms with van der Waals surface area (Å²) in [7, 11) is -7.62. The summed E-state index contributed by atoms with van der Waals surface area (Å²) in [5, 5.41) is 0. The van der Waals surface area contributed by atoms with Crippen LogP contribution in [0.25, 0.3) is 0 Å². The third-order valence-corrected chi connectivity index (χ3v) is 2.62. The first-order valence-corrected chi connectivity index (χ1v) is 6.82. The predicted molar refractivity (Wildman–Crippen MR) is 46.4 cm³/mol. The van der Waals surface area contributed by atoms with Crippen molar-refractivity contribution < 1.29 is 25.6 Å². The minimum atomic E-state index is -4.07. The van der Waals surface area contributed by atoms with Crippen molar-refractivity contribution in [1.29, 1.82) is 0 Å². The normalized spacial score (nSPS) is 15.6. The topological polar surface area (TPSA) is 97.7 Å². The Hall–Kier alpha value is -0.180. The Balaban J connectivity index is 3.98. The van der Waals surface area contributed by atoms with Crippen LogP contribution in [0.3, 0.4) is 0 Å². The molecule has 0 rings (SSSR count). The van der Waals surface area contributed by atoms with Crippen molar-refractivity contribution in [3.05, 3.63) is 0 Å². The molecule has 0 aliphatic rings. The highest BCUT2D eigenvalue weighted by Gasteiger charge is 2.14. The first-order chi connectivity index (χ1) is 5.60. The van der Waals surface area contributed by atoms with Crippen molar-refractivity contribution in [2.75, 3.05) is 18.6 Å². The van der Waals surface area contributed by atoms with Gasteiger partial charge in [0.2, 0.25) is 0 Å².